The summed E-state index contributed by atoms with van der Waals surface area (Å²) >= 11 is 0. The van der Waals surface area contributed by atoms with E-state index in [1.165, 1.54) is 20.3 Å². The van der Waals surface area contributed by atoms with Gasteiger partial charge < -0.3 is 9.47 Å². The second-order valence-electron chi connectivity index (χ2n) is 6.13. The number of methoxy groups -OCH3 is 2. The maximum absolute atomic E-state index is 13.9. The summed E-state index contributed by atoms with van der Waals surface area (Å²) in [7, 11) is 1.06. The summed E-state index contributed by atoms with van der Waals surface area (Å²) in [5.41, 5.74) is 0.801. The second-order valence-corrected chi connectivity index (χ2v) is 7.80. The van der Waals surface area contributed by atoms with Crippen molar-refractivity contribution in [1.82, 2.24) is 0 Å². The minimum Gasteiger partial charge on any atom is -0.495 e. The molecule has 0 saturated heterocycles. The van der Waals surface area contributed by atoms with E-state index in [1.807, 2.05) is 30.3 Å². The highest BCUT2D eigenvalue weighted by molar-refractivity contribution is 7.86. The molecule has 1 aliphatic carbocycles. The zero-order valence-electron chi connectivity index (χ0n) is 15.1. The van der Waals surface area contributed by atoms with Crippen LogP contribution in [-0.2, 0) is 29.9 Å². The van der Waals surface area contributed by atoms with Crippen LogP contribution in [0.25, 0.3) is 0 Å². The van der Waals surface area contributed by atoms with Gasteiger partial charge in [-0.3, -0.25) is 9.00 Å². The van der Waals surface area contributed by atoms with Crippen molar-refractivity contribution in [2.24, 2.45) is 0 Å². The smallest absolute Gasteiger partial charge is 0.335 e. The summed E-state index contributed by atoms with van der Waals surface area (Å²) in [5.74, 6) is -0.374. The Bertz CT molecular complexity index is 919. The number of hydrogen-bond donors (Lipinski definition) is 0. The summed E-state index contributed by atoms with van der Waals surface area (Å²) in [6, 6.07) is 16.1. The Kier molecular flexibility index (Phi) is 5.56. The highest BCUT2D eigenvalue weighted by atomic mass is 32.2. The molecule has 140 valence electrons. The van der Waals surface area contributed by atoms with E-state index in [9.17, 15) is 13.8 Å². The molecule has 5 nitrogen and oxygen atoms in total. The third-order valence-electron chi connectivity index (χ3n) is 4.69. The van der Waals surface area contributed by atoms with Gasteiger partial charge in [-0.25, -0.2) is 4.79 Å². The fraction of sp³-hybridized carbons (Fsp3) is 0.238. The van der Waals surface area contributed by atoms with Crippen molar-refractivity contribution in [2.75, 3.05) is 14.2 Å². The molecular formula is C21H20O5S. The van der Waals surface area contributed by atoms with Gasteiger partial charge in [-0.1, -0.05) is 42.5 Å². The predicted octanol–water partition coefficient (Wildman–Crippen LogP) is 3.16. The van der Waals surface area contributed by atoms with Crippen LogP contribution in [0.5, 0.6) is 5.75 Å². The third-order valence-corrected chi connectivity index (χ3v) is 6.72. The van der Waals surface area contributed by atoms with E-state index in [4.69, 9.17) is 9.47 Å². The Hall–Kier alpha value is -2.73. The molecule has 0 amide bonds. The van der Waals surface area contributed by atoms with Gasteiger partial charge in [-0.15, -0.1) is 0 Å². The number of benzene rings is 2. The second kappa shape index (κ2) is 7.88. The van der Waals surface area contributed by atoms with Crippen molar-refractivity contribution in [3.8, 4) is 5.75 Å². The van der Waals surface area contributed by atoms with Crippen LogP contribution >= 0.6 is 0 Å². The van der Waals surface area contributed by atoms with E-state index in [1.54, 1.807) is 24.3 Å². The number of ketones is 1. The first-order chi connectivity index (χ1) is 13.0. The van der Waals surface area contributed by atoms with E-state index in [2.05, 4.69) is 0 Å². The molecule has 0 radical (unpaired) electrons. The topological polar surface area (TPSA) is 69.7 Å². The van der Waals surface area contributed by atoms with Crippen molar-refractivity contribution < 1.29 is 23.3 Å². The van der Waals surface area contributed by atoms with Gasteiger partial charge in [0.25, 0.3) is 0 Å². The lowest BCUT2D eigenvalue weighted by molar-refractivity contribution is -0.137. The molecule has 0 bridgehead atoms. The number of hydrogen-bond acceptors (Lipinski definition) is 5. The molecule has 0 aliphatic heterocycles. The Morgan fingerprint density at radius 2 is 1.70 bits per heavy atom. The molecule has 0 heterocycles. The molecule has 2 atom stereocenters. The molecule has 27 heavy (non-hydrogen) atoms. The molecule has 2 aromatic carbocycles. The number of carbonyl (C=O) groups excluding carboxylic acids is 2. The van der Waals surface area contributed by atoms with E-state index >= 15 is 0 Å². The number of para-hydroxylation sites is 1. The largest absolute Gasteiger partial charge is 0.495 e. The number of carbonyl (C=O) groups is 2. The van der Waals surface area contributed by atoms with Crippen molar-refractivity contribution in [1.29, 1.82) is 0 Å². The van der Waals surface area contributed by atoms with Crippen LogP contribution in [-0.4, -0.2) is 30.2 Å². The van der Waals surface area contributed by atoms with Gasteiger partial charge >= 0.3 is 5.97 Å². The average Bonchev–Trinajstić information content (AvgIpc) is 2.73. The van der Waals surface area contributed by atoms with E-state index in [0.29, 0.717) is 16.2 Å². The molecule has 0 spiro atoms. The summed E-state index contributed by atoms with van der Waals surface area (Å²) in [6.45, 7) is 0. The number of allylic oxidation sites excluding steroid dienone is 1. The van der Waals surface area contributed by atoms with Crippen LogP contribution in [0.3, 0.4) is 0 Å². The van der Waals surface area contributed by atoms with Gasteiger partial charge in [0, 0.05) is 6.42 Å². The quantitative estimate of drug-likeness (QED) is 0.741. The summed E-state index contributed by atoms with van der Waals surface area (Å²) in [4.78, 5) is 25.1. The maximum Gasteiger partial charge on any atom is 0.335 e. The van der Waals surface area contributed by atoms with Crippen LogP contribution in [0.2, 0.25) is 0 Å². The first-order valence-corrected chi connectivity index (χ1v) is 9.63. The highest BCUT2D eigenvalue weighted by Gasteiger charge is 2.49. The van der Waals surface area contributed by atoms with Crippen molar-refractivity contribution in [3.63, 3.8) is 0 Å². The minimum atomic E-state index is -1.70. The maximum atomic E-state index is 13.9. The summed E-state index contributed by atoms with van der Waals surface area (Å²) < 4.78 is 23.0. The Labute approximate surface area is 160 Å². The SMILES string of the molecule is COC(=O)C1=CC(=O)CCC1(c1ccccc1)S(=O)c1ccccc1OC. The van der Waals surface area contributed by atoms with Crippen LogP contribution < -0.4 is 4.74 Å². The van der Waals surface area contributed by atoms with Crippen LogP contribution in [0, 0.1) is 0 Å². The standard InChI is InChI=1S/C21H20O5S/c1-25-18-10-6-7-11-19(18)27(24)21(15-8-4-3-5-9-15)13-12-16(22)14-17(21)20(23)26-2/h3-11,14H,12-13H2,1-2H3. The molecule has 6 heteroatoms. The van der Waals surface area contributed by atoms with Crippen LogP contribution in [0.4, 0.5) is 0 Å². The number of rotatable bonds is 5. The van der Waals surface area contributed by atoms with Crippen molar-refractivity contribution in [3.05, 3.63) is 71.8 Å². The lowest BCUT2D eigenvalue weighted by Crippen LogP contribution is -2.41. The van der Waals surface area contributed by atoms with E-state index < -0.39 is 21.5 Å². The third kappa shape index (κ3) is 3.32. The average molecular weight is 384 g/mol. The minimum absolute atomic E-state index is 0.108. The zero-order valence-corrected chi connectivity index (χ0v) is 16.0. The van der Waals surface area contributed by atoms with Gasteiger partial charge in [0.2, 0.25) is 0 Å². The molecular weight excluding hydrogens is 364 g/mol. The fourth-order valence-electron chi connectivity index (χ4n) is 3.38. The summed E-state index contributed by atoms with van der Waals surface area (Å²) in [6.07, 6.45) is 1.70. The highest BCUT2D eigenvalue weighted by Crippen LogP contribution is 2.47. The summed E-state index contributed by atoms with van der Waals surface area (Å²) in [5, 5.41) is 0. The molecule has 0 fully saturated rings. The van der Waals surface area contributed by atoms with E-state index in [0.717, 1.165) is 0 Å². The number of ether oxygens (including phenoxy) is 2. The van der Waals surface area contributed by atoms with Crippen molar-refractivity contribution >= 4 is 22.6 Å². The Morgan fingerprint density at radius 3 is 2.37 bits per heavy atom. The normalized spacial score (nSPS) is 20.5. The van der Waals surface area contributed by atoms with Gasteiger partial charge in [-0.05, 0) is 30.2 Å². The predicted molar refractivity (Wildman–Crippen MR) is 102 cm³/mol. The van der Waals surface area contributed by atoms with Crippen LogP contribution in [0.15, 0.2) is 71.1 Å². The molecule has 1 aliphatic rings. The molecule has 2 aromatic rings. The van der Waals surface area contributed by atoms with Gasteiger partial charge in [0.1, 0.15) is 10.5 Å². The molecule has 3 rings (SSSR count). The molecule has 0 N–H and O–H groups in total. The van der Waals surface area contributed by atoms with E-state index in [-0.39, 0.29) is 24.2 Å². The molecule has 0 aromatic heterocycles. The van der Waals surface area contributed by atoms with Gasteiger partial charge in [0.05, 0.1) is 35.5 Å². The zero-order chi connectivity index (χ0) is 19.4. The van der Waals surface area contributed by atoms with Crippen LogP contribution in [0.1, 0.15) is 18.4 Å². The first-order valence-electron chi connectivity index (χ1n) is 8.48. The van der Waals surface area contributed by atoms with Crippen molar-refractivity contribution in [2.45, 2.75) is 22.5 Å². The van der Waals surface area contributed by atoms with Gasteiger partial charge in [0.15, 0.2) is 5.78 Å². The molecule has 2 unspecified atom stereocenters. The molecule has 0 saturated carbocycles. The lowest BCUT2D eigenvalue weighted by Gasteiger charge is -2.37. The first kappa shape index (κ1) is 19.0. The monoisotopic (exact) mass is 384 g/mol. The lowest BCUT2D eigenvalue weighted by atomic mass is 9.81. The Balaban J connectivity index is 2.29. The fourth-order valence-corrected chi connectivity index (χ4v) is 5.28. The number of esters is 1. The Morgan fingerprint density at radius 1 is 1.04 bits per heavy atom. The van der Waals surface area contributed by atoms with Gasteiger partial charge in [-0.2, -0.15) is 0 Å².